The smallest absolute Gasteiger partial charge is 0.466 e. The number of alkyl halides is 17. The van der Waals surface area contributed by atoms with Gasteiger partial charge >= 0.3 is 54.6 Å². The van der Waals surface area contributed by atoms with E-state index in [2.05, 4.69) is 11.3 Å². The average molecular weight is 616 g/mol. The number of halogens is 17. The quantitative estimate of drug-likeness (QED) is 0.201. The van der Waals surface area contributed by atoms with Crippen LogP contribution < -0.4 is 0 Å². The van der Waals surface area contributed by atoms with Crippen molar-refractivity contribution in [2.24, 2.45) is 0 Å². The number of aliphatic carboxylic acids is 1. The zero-order chi connectivity index (χ0) is 31.8. The molecule has 1 aliphatic rings. The summed E-state index contributed by atoms with van der Waals surface area (Å²) in [6, 6.07) is 0. The third-order valence-corrected chi connectivity index (χ3v) is 4.65. The van der Waals surface area contributed by atoms with Gasteiger partial charge in [-0.1, -0.05) is 6.58 Å². The van der Waals surface area contributed by atoms with Crippen molar-refractivity contribution in [1.29, 1.82) is 0 Å². The summed E-state index contributed by atoms with van der Waals surface area (Å²) in [5, 5.41) is 8.31. The fourth-order valence-corrected chi connectivity index (χ4v) is 2.82. The molecule has 1 rings (SSSR count). The largest absolute Gasteiger partial charge is 0.478 e. The van der Waals surface area contributed by atoms with Gasteiger partial charge in [0.15, 0.2) is 5.57 Å². The Morgan fingerprint density at radius 1 is 0.846 bits per heavy atom. The standard InChI is InChI=1S/C11H7F11O2.C7H6F6O2/c12-7(2-1-3-8(13,14)11(7,21)22)5(10(18,19)20)4(6(23)24)9(15,16)17;1-3(2)4(14)15-6(10,5(8)9)7(11,12)13/h1-3H2,(H,23,24);5H,1H2,2H3. The van der Waals surface area contributed by atoms with Crippen LogP contribution in [0.25, 0.3) is 0 Å². The molecule has 1 N–H and O–H groups in total. The molecule has 21 heteroatoms. The maximum atomic E-state index is 14.4. The molecule has 0 aromatic rings. The molecule has 4 nitrogen and oxygen atoms in total. The minimum atomic E-state index is -6.59. The molecule has 0 bridgehead atoms. The van der Waals surface area contributed by atoms with E-state index in [1.807, 2.05) is 0 Å². The lowest BCUT2D eigenvalue weighted by Crippen LogP contribution is -2.62. The van der Waals surface area contributed by atoms with Crippen LogP contribution in [0.4, 0.5) is 74.6 Å². The van der Waals surface area contributed by atoms with Crippen molar-refractivity contribution in [1.82, 2.24) is 0 Å². The van der Waals surface area contributed by atoms with Crippen LogP contribution in [0.15, 0.2) is 23.3 Å². The van der Waals surface area contributed by atoms with Gasteiger partial charge in [0.05, 0.1) is 5.57 Å². The van der Waals surface area contributed by atoms with Crippen LogP contribution in [0.5, 0.6) is 0 Å². The van der Waals surface area contributed by atoms with E-state index in [-0.39, 0.29) is 0 Å². The Labute approximate surface area is 205 Å². The predicted molar refractivity (Wildman–Crippen MR) is 91.2 cm³/mol. The molecule has 0 amide bonds. The van der Waals surface area contributed by atoms with Gasteiger partial charge in [-0.2, -0.15) is 61.5 Å². The predicted octanol–water partition coefficient (Wildman–Crippen LogP) is 7.25. The highest BCUT2D eigenvalue weighted by molar-refractivity contribution is 5.90. The molecule has 0 spiro atoms. The van der Waals surface area contributed by atoms with Crippen molar-refractivity contribution < 1.29 is 94.1 Å². The number of allylic oxidation sites excluding steroid dienone is 1. The Morgan fingerprint density at radius 2 is 1.28 bits per heavy atom. The first-order chi connectivity index (χ1) is 16.9. The van der Waals surface area contributed by atoms with Gasteiger partial charge in [0.2, 0.25) is 5.67 Å². The van der Waals surface area contributed by atoms with Gasteiger partial charge in [-0.25, -0.2) is 22.8 Å². The Morgan fingerprint density at radius 3 is 1.56 bits per heavy atom. The first-order valence-electron chi connectivity index (χ1n) is 9.41. The van der Waals surface area contributed by atoms with Gasteiger partial charge in [0.1, 0.15) is 0 Å². The van der Waals surface area contributed by atoms with Crippen LogP contribution in [-0.4, -0.2) is 65.4 Å². The highest BCUT2D eigenvalue weighted by Crippen LogP contribution is 2.59. The normalized spacial score (nSPS) is 23.6. The van der Waals surface area contributed by atoms with Crippen LogP contribution in [-0.2, 0) is 14.3 Å². The second-order valence-electron chi connectivity index (χ2n) is 7.60. The highest BCUT2D eigenvalue weighted by Gasteiger charge is 2.77. The lowest BCUT2D eigenvalue weighted by Gasteiger charge is -2.44. The number of ether oxygens (including phenoxy) is 1. The number of carbonyl (C=O) groups excluding carboxylic acids is 1. The number of carboxylic acids is 1. The molecular weight excluding hydrogens is 603 g/mol. The van der Waals surface area contributed by atoms with Gasteiger partial charge in [-0.15, -0.1) is 0 Å². The summed E-state index contributed by atoms with van der Waals surface area (Å²) in [5.41, 5.74) is -13.8. The Hall–Kier alpha value is -2.77. The van der Waals surface area contributed by atoms with Crippen molar-refractivity contribution in [3.63, 3.8) is 0 Å². The summed E-state index contributed by atoms with van der Waals surface area (Å²) in [5.74, 6) is -22.2. The minimum Gasteiger partial charge on any atom is -0.478 e. The molecule has 0 aromatic carbocycles. The molecule has 0 radical (unpaired) electrons. The fraction of sp³-hybridized carbons (Fsp3) is 0.667. The minimum absolute atomic E-state index is 0.623. The maximum Gasteiger partial charge on any atom is 0.466 e. The summed E-state index contributed by atoms with van der Waals surface area (Å²) in [6.07, 6.45) is -28.7. The summed E-state index contributed by atoms with van der Waals surface area (Å²) in [6.45, 7) is 3.72. The summed E-state index contributed by atoms with van der Waals surface area (Å²) >= 11 is 0. The Kier molecular flexibility index (Phi) is 10.2. The van der Waals surface area contributed by atoms with E-state index in [9.17, 15) is 84.2 Å². The van der Waals surface area contributed by atoms with E-state index in [0.29, 0.717) is 0 Å². The first-order valence-corrected chi connectivity index (χ1v) is 9.41. The number of rotatable bonds is 5. The second-order valence-corrected chi connectivity index (χ2v) is 7.60. The van der Waals surface area contributed by atoms with Crippen molar-refractivity contribution in [2.75, 3.05) is 0 Å². The number of hydrogen-bond donors (Lipinski definition) is 1. The van der Waals surface area contributed by atoms with E-state index in [0.717, 1.165) is 6.92 Å². The molecular formula is C18H13F17O4. The lowest BCUT2D eigenvalue weighted by atomic mass is 9.73. The summed E-state index contributed by atoms with van der Waals surface area (Å²) in [4.78, 5) is 21.0. The maximum absolute atomic E-state index is 14.4. The number of esters is 1. The second kappa shape index (κ2) is 11.0. The number of carboxylic acid groups (broad SMARTS) is 1. The number of hydrogen-bond acceptors (Lipinski definition) is 3. The van der Waals surface area contributed by atoms with Gasteiger partial charge in [-0.05, 0) is 19.8 Å². The van der Waals surface area contributed by atoms with E-state index >= 15 is 0 Å². The highest BCUT2D eigenvalue weighted by atomic mass is 19.4. The Bertz CT molecular complexity index is 976. The van der Waals surface area contributed by atoms with Crippen LogP contribution >= 0.6 is 0 Å². The lowest BCUT2D eigenvalue weighted by molar-refractivity contribution is -0.354. The molecule has 39 heavy (non-hydrogen) atoms. The topological polar surface area (TPSA) is 63.6 Å². The monoisotopic (exact) mass is 616 g/mol. The molecule has 1 saturated carbocycles. The summed E-state index contributed by atoms with van der Waals surface area (Å²) < 4.78 is 219. The van der Waals surface area contributed by atoms with E-state index < -0.39 is 96.2 Å². The van der Waals surface area contributed by atoms with Crippen molar-refractivity contribution in [3.05, 3.63) is 23.3 Å². The molecule has 2 unspecified atom stereocenters. The third-order valence-electron chi connectivity index (χ3n) is 4.65. The zero-order valence-corrected chi connectivity index (χ0v) is 18.5. The van der Waals surface area contributed by atoms with Gasteiger partial charge in [0.25, 0.3) is 0 Å². The molecule has 228 valence electrons. The fourth-order valence-electron chi connectivity index (χ4n) is 2.82. The molecule has 0 heterocycles. The molecule has 0 aromatic heterocycles. The van der Waals surface area contributed by atoms with E-state index in [1.54, 1.807) is 0 Å². The van der Waals surface area contributed by atoms with E-state index in [1.165, 1.54) is 0 Å². The summed E-state index contributed by atoms with van der Waals surface area (Å²) in [7, 11) is 0. The Balaban J connectivity index is 0.000000830. The molecule has 2 atom stereocenters. The van der Waals surface area contributed by atoms with Gasteiger partial charge < -0.3 is 9.84 Å². The van der Waals surface area contributed by atoms with Crippen molar-refractivity contribution in [2.45, 2.75) is 74.5 Å². The molecule has 0 aliphatic heterocycles. The van der Waals surface area contributed by atoms with Crippen LogP contribution in [0.3, 0.4) is 0 Å². The zero-order valence-electron chi connectivity index (χ0n) is 18.5. The third kappa shape index (κ3) is 7.25. The number of carbonyl (C=O) groups is 2. The average Bonchev–Trinajstić information content (AvgIpc) is 2.67. The van der Waals surface area contributed by atoms with Crippen molar-refractivity contribution in [3.8, 4) is 0 Å². The van der Waals surface area contributed by atoms with Gasteiger partial charge in [-0.3, -0.25) is 0 Å². The van der Waals surface area contributed by atoms with Crippen molar-refractivity contribution >= 4 is 11.9 Å². The molecule has 0 saturated heterocycles. The SMILES string of the molecule is C=C(C)C(=O)OC(F)(C(F)F)C(F)(F)F.O=C(O)C(=C(C(F)(F)F)C1(F)CCCC(F)(F)C1(F)F)C(F)(F)F. The van der Waals surface area contributed by atoms with E-state index in [4.69, 9.17) is 5.11 Å². The molecule has 1 aliphatic carbocycles. The first kappa shape index (κ1) is 36.2. The van der Waals surface area contributed by atoms with Crippen LogP contribution in [0.2, 0.25) is 0 Å². The van der Waals surface area contributed by atoms with Crippen LogP contribution in [0.1, 0.15) is 26.2 Å². The van der Waals surface area contributed by atoms with Gasteiger partial charge in [0, 0.05) is 12.0 Å². The molecule has 1 fully saturated rings. The van der Waals surface area contributed by atoms with Crippen LogP contribution in [0, 0.1) is 0 Å².